The van der Waals surface area contributed by atoms with Crippen LogP contribution >= 0.6 is 24.0 Å². The molecule has 1 aliphatic heterocycles. The van der Waals surface area contributed by atoms with Gasteiger partial charge in [0.15, 0.2) is 0 Å². The summed E-state index contributed by atoms with van der Waals surface area (Å²) in [5, 5.41) is 3.76. The number of halogens is 2. The predicted molar refractivity (Wildman–Crippen MR) is 79.7 cm³/mol. The molecular formula is C12H18Cl2N2O2S. The molecule has 0 amide bonds. The molecule has 2 rings (SSSR count). The van der Waals surface area contributed by atoms with Gasteiger partial charge in [0.05, 0.1) is 4.90 Å². The van der Waals surface area contributed by atoms with Crippen LogP contribution in [0.2, 0.25) is 5.02 Å². The van der Waals surface area contributed by atoms with E-state index in [1.165, 1.54) is 0 Å². The van der Waals surface area contributed by atoms with Crippen molar-refractivity contribution in [2.45, 2.75) is 18.2 Å². The number of hydrogen-bond acceptors (Lipinski definition) is 3. The van der Waals surface area contributed by atoms with Gasteiger partial charge >= 0.3 is 0 Å². The van der Waals surface area contributed by atoms with Gasteiger partial charge in [-0.2, -0.15) is 4.31 Å². The SMILES string of the molecule is Cc1cc(Cl)ccc1S(=O)(=O)N1CCCNCC1.Cl. The van der Waals surface area contributed by atoms with E-state index in [1.807, 2.05) is 0 Å². The Morgan fingerprint density at radius 3 is 2.68 bits per heavy atom. The lowest BCUT2D eigenvalue weighted by Gasteiger charge is -2.20. The van der Waals surface area contributed by atoms with E-state index >= 15 is 0 Å². The van der Waals surface area contributed by atoms with E-state index in [0.717, 1.165) is 13.0 Å². The van der Waals surface area contributed by atoms with Crippen LogP contribution in [0.1, 0.15) is 12.0 Å². The Labute approximate surface area is 125 Å². The lowest BCUT2D eigenvalue weighted by Crippen LogP contribution is -2.34. The molecule has 19 heavy (non-hydrogen) atoms. The molecule has 108 valence electrons. The van der Waals surface area contributed by atoms with Gasteiger partial charge in [-0.1, -0.05) is 11.6 Å². The maximum Gasteiger partial charge on any atom is 0.243 e. The van der Waals surface area contributed by atoms with Crippen LogP contribution in [0.4, 0.5) is 0 Å². The molecule has 1 aromatic carbocycles. The molecule has 0 aliphatic carbocycles. The minimum atomic E-state index is -3.40. The van der Waals surface area contributed by atoms with Crippen molar-refractivity contribution < 1.29 is 8.42 Å². The van der Waals surface area contributed by atoms with Gasteiger partial charge in [-0.25, -0.2) is 8.42 Å². The van der Waals surface area contributed by atoms with Gasteiger partial charge in [-0.3, -0.25) is 0 Å². The number of rotatable bonds is 2. The van der Waals surface area contributed by atoms with Crippen molar-refractivity contribution in [3.8, 4) is 0 Å². The summed E-state index contributed by atoms with van der Waals surface area (Å²) in [5.74, 6) is 0. The molecule has 1 fully saturated rings. The van der Waals surface area contributed by atoms with Crippen molar-refractivity contribution >= 4 is 34.0 Å². The lowest BCUT2D eigenvalue weighted by molar-refractivity contribution is 0.431. The first-order valence-corrected chi connectivity index (χ1v) is 7.80. The van der Waals surface area contributed by atoms with Crippen LogP contribution in [-0.4, -0.2) is 38.9 Å². The Hall–Kier alpha value is -0.330. The third-order valence-electron chi connectivity index (χ3n) is 3.05. The molecule has 7 heteroatoms. The Balaban J connectivity index is 0.00000180. The first-order valence-electron chi connectivity index (χ1n) is 5.99. The van der Waals surface area contributed by atoms with E-state index in [9.17, 15) is 8.42 Å². The van der Waals surface area contributed by atoms with E-state index < -0.39 is 10.0 Å². The molecule has 0 aromatic heterocycles. The van der Waals surface area contributed by atoms with Crippen molar-refractivity contribution in [1.82, 2.24) is 9.62 Å². The van der Waals surface area contributed by atoms with E-state index in [-0.39, 0.29) is 12.4 Å². The summed E-state index contributed by atoms with van der Waals surface area (Å²) >= 11 is 5.86. The molecule has 1 aromatic rings. The van der Waals surface area contributed by atoms with Gasteiger partial charge in [0.25, 0.3) is 0 Å². The fourth-order valence-electron chi connectivity index (χ4n) is 2.10. The minimum absolute atomic E-state index is 0. The quantitative estimate of drug-likeness (QED) is 0.905. The number of benzene rings is 1. The van der Waals surface area contributed by atoms with E-state index in [2.05, 4.69) is 5.32 Å². The highest BCUT2D eigenvalue weighted by Crippen LogP contribution is 2.23. The lowest BCUT2D eigenvalue weighted by atomic mass is 10.2. The van der Waals surface area contributed by atoms with Gasteiger partial charge in [-0.05, 0) is 43.7 Å². The van der Waals surface area contributed by atoms with E-state index in [0.29, 0.717) is 35.1 Å². The number of sulfonamides is 1. The highest BCUT2D eigenvalue weighted by atomic mass is 35.5. The standard InChI is InChI=1S/C12H17ClN2O2S.ClH/c1-10-9-11(13)3-4-12(10)18(16,17)15-7-2-5-14-6-8-15;/h3-4,9,14H,2,5-8H2,1H3;1H. The second-order valence-electron chi connectivity index (χ2n) is 4.42. The van der Waals surface area contributed by atoms with Crippen molar-refractivity contribution in [1.29, 1.82) is 0 Å². The first-order chi connectivity index (χ1) is 8.51. The molecule has 1 aliphatic rings. The van der Waals surface area contributed by atoms with E-state index in [1.54, 1.807) is 29.4 Å². The highest BCUT2D eigenvalue weighted by Gasteiger charge is 2.26. The zero-order chi connectivity index (χ0) is 13.2. The number of nitrogens with one attached hydrogen (secondary N) is 1. The monoisotopic (exact) mass is 324 g/mol. The maximum atomic E-state index is 12.5. The summed E-state index contributed by atoms with van der Waals surface area (Å²) in [7, 11) is -3.40. The van der Waals surface area contributed by atoms with Crippen LogP contribution in [0.3, 0.4) is 0 Å². The molecule has 0 saturated carbocycles. The summed E-state index contributed by atoms with van der Waals surface area (Å²) < 4.78 is 26.6. The van der Waals surface area contributed by atoms with Crippen molar-refractivity contribution in [2.24, 2.45) is 0 Å². The summed E-state index contributed by atoms with van der Waals surface area (Å²) in [6.45, 7) is 4.42. The fourth-order valence-corrected chi connectivity index (χ4v) is 4.01. The van der Waals surface area contributed by atoms with Crippen LogP contribution in [0, 0.1) is 6.92 Å². The second kappa shape index (κ2) is 6.90. The number of nitrogens with zero attached hydrogens (tertiary/aromatic N) is 1. The molecule has 0 bridgehead atoms. The van der Waals surface area contributed by atoms with Gasteiger partial charge < -0.3 is 5.32 Å². The van der Waals surface area contributed by atoms with Gasteiger partial charge in [-0.15, -0.1) is 12.4 Å². The molecule has 0 unspecified atom stereocenters. The summed E-state index contributed by atoms with van der Waals surface area (Å²) in [6.07, 6.45) is 0.839. The zero-order valence-electron chi connectivity index (χ0n) is 10.7. The molecule has 0 radical (unpaired) electrons. The van der Waals surface area contributed by atoms with Crippen molar-refractivity contribution in [3.63, 3.8) is 0 Å². The average Bonchev–Trinajstić information content (AvgIpc) is 2.57. The van der Waals surface area contributed by atoms with Crippen LogP contribution < -0.4 is 5.32 Å². The molecular weight excluding hydrogens is 307 g/mol. The average molecular weight is 325 g/mol. The van der Waals surface area contributed by atoms with Crippen LogP contribution in [0.25, 0.3) is 0 Å². The van der Waals surface area contributed by atoms with Crippen molar-refractivity contribution in [3.05, 3.63) is 28.8 Å². The van der Waals surface area contributed by atoms with E-state index in [4.69, 9.17) is 11.6 Å². The molecule has 4 nitrogen and oxygen atoms in total. The summed E-state index contributed by atoms with van der Waals surface area (Å²) in [4.78, 5) is 0.355. The van der Waals surface area contributed by atoms with Gasteiger partial charge in [0.1, 0.15) is 0 Å². The van der Waals surface area contributed by atoms with Crippen molar-refractivity contribution in [2.75, 3.05) is 26.2 Å². The third-order valence-corrected chi connectivity index (χ3v) is 5.35. The predicted octanol–water partition coefficient (Wildman–Crippen LogP) is 2.05. The van der Waals surface area contributed by atoms with Crippen LogP contribution in [-0.2, 0) is 10.0 Å². The first kappa shape index (κ1) is 16.7. The topological polar surface area (TPSA) is 49.4 Å². The van der Waals surface area contributed by atoms with Crippen LogP contribution in [0.15, 0.2) is 23.1 Å². The van der Waals surface area contributed by atoms with Gasteiger partial charge in [0.2, 0.25) is 10.0 Å². The zero-order valence-corrected chi connectivity index (χ0v) is 13.1. The number of aryl methyl sites for hydroxylation is 1. The minimum Gasteiger partial charge on any atom is -0.315 e. The Morgan fingerprint density at radius 1 is 1.26 bits per heavy atom. The smallest absolute Gasteiger partial charge is 0.243 e. The summed E-state index contributed by atoms with van der Waals surface area (Å²) in [5.41, 5.74) is 0.694. The van der Waals surface area contributed by atoms with Crippen LogP contribution in [0.5, 0.6) is 0 Å². The molecule has 1 saturated heterocycles. The third kappa shape index (κ3) is 3.83. The second-order valence-corrected chi connectivity index (χ2v) is 6.76. The summed E-state index contributed by atoms with van der Waals surface area (Å²) in [6, 6.07) is 4.90. The number of hydrogen-bond donors (Lipinski definition) is 1. The molecule has 0 atom stereocenters. The Bertz CT molecular complexity index is 527. The maximum absolute atomic E-state index is 12.5. The molecule has 1 N–H and O–H groups in total. The normalized spacial score (nSPS) is 17.6. The molecule has 1 heterocycles. The Kier molecular flexibility index (Phi) is 6.08. The highest BCUT2D eigenvalue weighted by molar-refractivity contribution is 7.89. The van der Waals surface area contributed by atoms with Gasteiger partial charge in [0, 0.05) is 24.7 Å². The molecule has 0 spiro atoms. The Morgan fingerprint density at radius 2 is 2.00 bits per heavy atom. The largest absolute Gasteiger partial charge is 0.315 e. The fraction of sp³-hybridized carbons (Fsp3) is 0.500.